The molecule has 1 unspecified atom stereocenters. The van der Waals surface area contributed by atoms with E-state index in [1.54, 1.807) is 6.07 Å². The van der Waals surface area contributed by atoms with Crippen LogP contribution in [0.5, 0.6) is 0 Å². The van der Waals surface area contributed by atoms with E-state index < -0.39 is 11.6 Å². The topological polar surface area (TPSA) is 12.0 Å². The lowest BCUT2D eigenvalue weighted by molar-refractivity contribution is 0.332. The van der Waals surface area contributed by atoms with Gasteiger partial charge in [0.1, 0.15) is 0 Å². The minimum absolute atomic E-state index is 0.364. The molecule has 1 aromatic carbocycles. The van der Waals surface area contributed by atoms with Gasteiger partial charge in [0.2, 0.25) is 0 Å². The number of rotatable bonds is 4. The Morgan fingerprint density at radius 1 is 1.11 bits per heavy atom. The summed E-state index contributed by atoms with van der Waals surface area (Å²) in [6.07, 6.45) is 8.51. The standard InChI is InChI=1S/C16H23F2N/c1-19-16(13-6-4-2-3-5-7-13)11-12-8-9-14(17)15(18)10-12/h8-10,13,16,19H,2-7,11H2,1H3. The van der Waals surface area contributed by atoms with Gasteiger partial charge in [-0.3, -0.25) is 0 Å². The van der Waals surface area contributed by atoms with E-state index >= 15 is 0 Å². The summed E-state index contributed by atoms with van der Waals surface area (Å²) in [6, 6.07) is 4.61. The van der Waals surface area contributed by atoms with Crippen molar-refractivity contribution >= 4 is 0 Å². The van der Waals surface area contributed by atoms with Crippen LogP contribution in [0.4, 0.5) is 8.78 Å². The third-order valence-corrected chi connectivity index (χ3v) is 4.28. The third kappa shape index (κ3) is 4.00. The number of benzene rings is 1. The van der Waals surface area contributed by atoms with Crippen LogP contribution in [0.15, 0.2) is 18.2 Å². The average molecular weight is 267 g/mol. The first-order valence-corrected chi connectivity index (χ1v) is 7.32. The summed E-state index contributed by atoms with van der Waals surface area (Å²) in [6.45, 7) is 0. The highest BCUT2D eigenvalue weighted by molar-refractivity contribution is 5.19. The van der Waals surface area contributed by atoms with Gasteiger partial charge in [0.15, 0.2) is 11.6 Å². The summed E-state index contributed by atoms with van der Waals surface area (Å²) < 4.78 is 26.2. The molecule has 3 heteroatoms. The number of hydrogen-bond donors (Lipinski definition) is 1. The molecule has 0 amide bonds. The lowest BCUT2D eigenvalue weighted by Crippen LogP contribution is -2.35. The Labute approximate surface area is 114 Å². The second-order valence-electron chi connectivity index (χ2n) is 5.60. The molecule has 2 rings (SSSR count). The molecular weight excluding hydrogens is 244 g/mol. The van der Waals surface area contributed by atoms with Crippen LogP contribution in [0.3, 0.4) is 0 Å². The van der Waals surface area contributed by atoms with Crippen molar-refractivity contribution in [1.29, 1.82) is 0 Å². The Hall–Kier alpha value is -0.960. The van der Waals surface area contributed by atoms with Gasteiger partial charge in [-0.25, -0.2) is 8.78 Å². The zero-order valence-corrected chi connectivity index (χ0v) is 11.6. The third-order valence-electron chi connectivity index (χ3n) is 4.28. The highest BCUT2D eigenvalue weighted by atomic mass is 19.2. The SMILES string of the molecule is CNC(Cc1ccc(F)c(F)c1)C1CCCCCC1. The molecular formula is C16H23F2N. The van der Waals surface area contributed by atoms with Crippen LogP contribution in [0.25, 0.3) is 0 Å². The van der Waals surface area contributed by atoms with Gasteiger partial charge in [-0.15, -0.1) is 0 Å². The van der Waals surface area contributed by atoms with E-state index in [1.165, 1.54) is 50.7 Å². The first kappa shape index (κ1) is 14.4. The predicted molar refractivity (Wildman–Crippen MR) is 74.1 cm³/mol. The highest BCUT2D eigenvalue weighted by Gasteiger charge is 2.21. The molecule has 1 aliphatic carbocycles. The molecule has 1 fully saturated rings. The molecule has 0 aromatic heterocycles. The Kier molecular flexibility index (Phi) is 5.32. The van der Waals surface area contributed by atoms with E-state index in [0.29, 0.717) is 12.0 Å². The lowest BCUT2D eigenvalue weighted by atomic mass is 9.88. The minimum Gasteiger partial charge on any atom is -0.316 e. The molecule has 0 heterocycles. The van der Waals surface area contributed by atoms with Gasteiger partial charge in [-0.2, -0.15) is 0 Å². The Morgan fingerprint density at radius 2 is 1.79 bits per heavy atom. The van der Waals surface area contributed by atoms with Crippen LogP contribution in [-0.4, -0.2) is 13.1 Å². The van der Waals surface area contributed by atoms with E-state index in [9.17, 15) is 8.78 Å². The van der Waals surface area contributed by atoms with Crippen molar-refractivity contribution in [3.8, 4) is 0 Å². The zero-order chi connectivity index (χ0) is 13.7. The van der Waals surface area contributed by atoms with Gasteiger partial charge in [-0.05, 0) is 49.9 Å². The van der Waals surface area contributed by atoms with Crippen molar-refractivity contribution in [2.75, 3.05) is 7.05 Å². The molecule has 19 heavy (non-hydrogen) atoms. The molecule has 1 aliphatic rings. The van der Waals surface area contributed by atoms with Gasteiger partial charge in [0, 0.05) is 6.04 Å². The van der Waals surface area contributed by atoms with E-state index in [-0.39, 0.29) is 0 Å². The monoisotopic (exact) mass is 267 g/mol. The highest BCUT2D eigenvalue weighted by Crippen LogP contribution is 2.27. The smallest absolute Gasteiger partial charge is 0.159 e. The largest absolute Gasteiger partial charge is 0.316 e. The van der Waals surface area contributed by atoms with E-state index in [1.807, 2.05) is 7.05 Å². The number of hydrogen-bond acceptors (Lipinski definition) is 1. The molecule has 1 aromatic rings. The van der Waals surface area contributed by atoms with E-state index in [4.69, 9.17) is 0 Å². The van der Waals surface area contributed by atoms with Gasteiger partial charge >= 0.3 is 0 Å². The molecule has 1 saturated carbocycles. The van der Waals surface area contributed by atoms with E-state index in [0.717, 1.165) is 12.0 Å². The minimum atomic E-state index is -0.765. The molecule has 0 saturated heterocycles. The molecule has 1 nitrogen and oxygen atoms in total. The maximum absolute atomic E-state index is 13.2. The summed E-state index contributed by atoms with van der Waals surface area (Å²) in [4.78, 5) is 0. The molecule has 0 bridgehead atoms. The quantitative estimate of drug-likeness (QED) is 0.811. The summed E-state index contributed by atoms with van der Waals surface area (Å²) in [5.41, 5.74) is 0.877. The lowest BCUT2D eigenvalue weighted by Gasteiger charge is -2.26. The molecule has 1 atom stereocenters. The van der Waals surface area contributed by atoms with E-state index in [2.05, 4.69) is 5.32 Å². The Balaban J connectivity index is 2.02. The van der Waals surface area contributed by atoms with Crippen LogP contribution in [-0.2, 0) is 6.42 Å². The number of nitrogens with one attached hydrogen (secondary N) is 1. The Bertz CT molecular complexity index is 398. The van der Waals surface area contributed by atoms with Gasteiger partial charge in [0.05, 0.1) is 0 Å². The first-order valence-electron chi connectivity index (χ1n) is 7.32. The number of likely N-dealkylation sites (N-methyl/N-ethyl adjacent to an activating group) is 1. The summed E-state index contributed by atoms with van der Waals surface area (Å²) in [7, 11) is 1.97. The van der Waals surface area contributed by atoms with Crippen LogP contribution in [0.1, 0.15) is 44.1 Å². The van der Waals surface area contributed by atoms with Crippen molar-refractivity contribution in [2.24, 2.45) is 5.92 Å². The summed E-state index contributed by atoms with van der Waals surface area (Å²) in [5.74, 6) is -0.854. The maximum atomic E-state index is 13.2. The molecule has 1 N–H and O–H groups in total. The summed E-state index contributed by atoms with van der Waals surface area (Å²) in [5, 5.41) is 3.37. The van der Waals surface area contributed by atoms with Crippen molar-refractivity contribution in [3.05, 3.63) is 35.4 Å². The fourth-order valence-electron chi connectivity index (χ4n) is 3.14. The van der Waals surface area contributed by atoms with Crippen LogP contribution in [0.2, 0.25) is 0 Å². The number of halogens is 2. The average Bonchev–Trinajstić information content (AvgIpc) is 2.69. The second kappa shape index (κ2) is 6.99. The van der Waals surface area contributed by atoms with Gasteiger partial charge in [0.25, 0.3) is 0 Å². The van der Waals surface area contributed by atoms with Crippen molar-refractivity contribution in [3.63, 3.8) is 0 Å². The van der Waals surface area contributed by atoms with Gasteiger partial charge in [-0.1, -0.05) is 31.7 Å². The summed E-state index contributed by atoms with van der Waals surface area (Å²) >= 11 is 0. The molecule has 0 spiro atoms. The molecule has 106 valence electrons. The van der Waals surface area contributed by atoms with Crippen LogP contribution < -0.4 is 5.32 Å². The molecule has 0 radical (unpaired) electrons. The Morgan fingerprint density at radius 3 is 2.37 bits per heavy atom. The van der Waals surface area contributed by atoms with Crippen LogP contribution in [0, 0.1) is 17.6 Å². The first-order chi connectivity index (χ1) is 9.20. The maximum Gasteiger partial charge on any atom is 0.159 e. The van der Waals surface area contributed by atoms with Crippen molar-refractivity contribution in [2.45, 2.75) is 51.0 Å². The van der Waals surface area contributed by atoms with Crippen molar-refractivity contribution < 1.29 is 8.78 Å². The molecule has 0 aliphatic heterocycles. The normalized spacial score (nSPS) is 19.1. The zero-order valence-electron chi connectivity index (χ0n) is 11.6. The van der Waals surface area contributed by atoms with Crippen molar-refractivity contribution in [1.82, 2.24) is 5.32 Å². The van der Waals surface area contributed by atoms with Crippen LogP contribution >= 0.6 is 0 Å². The fraction of sp³-hybridized carbons (Fsp3) is 0.625. The fourth-order valence-corrected chi connectivity index (χ4v) is 3.14. The van der Waals surface area contributed by atoms with Gasteiger partial charge < -0.3 is 5.32 Å². The second-order valence-corrected chi connectivity index (χ2v) is 5.60. The predicted octanol–water partition coefficient (Wildman–Crippen LogP) is 4.07.